The summed E-state index contributed by atoms with van der Waals surface area (Å²) < 4.78 is 0. The Bertz CT molecular complexity index is 545. The van der Waals surface area contributed by atoms with E-state index in [1.54, 1.807) is 30.3 Å². The third-order valence-electron chi connectivity index (χ3n) is 2.64. The number of rotatable bonds is 6. The van der Waals surface area contributed by atoms with Crippen LogP contribution in [0.4, 0.5) is 5.69 Å². The van der Waals surface area contributed by atoms with Gasteiger partial charge in [0.25, 0.3) is 0 Å². The highest BCUT2D eigenvalue weighted by molar-refractivity contribution is 6.39. The van der Waals surface area contributed by atoms with E-state index in [4.69, 9.17) is 5.73 Å². The summed E-state index contributed by atoms with van der Waals surface area (Å²) in [5, 5.41) is 7.24. The van der Waals surface area contributed by atoms with Crippen LogP contribution in [0.15, 0.2) is 30.3 Å². The molecule has 22 heavy (non-hydrogen) atoms. The first-order valence-corrected chi connectivity index (χ1v) is 6.72. The maximum atomic E-state index is 11.6. The van der Waals surface area contributed by atoms with Gasteiger partial charge in [0.15, 0.2) is 0 Å². The SMILES string of the molecule is NC(=O)C(=O)NCCCCNC(=O)C(=O)Nc1ccccc1. The van der Waals surface area contributed by atoms with Gasteiger partial charge in [-0.05, 0) is 25.0 Å². The van der Waals surface area contributed by atoms with Crippen LogP contribution < -0.4 is 21.7 Å². The van der Waals surface area contributed by atoms with Crippen LogP contribution in [0.3, 0.4) is 0 Å². The molecule has 0 atom stereocenters. The van der Waals surface area contributed by atoms with E-state index in [-0.39, 0.29) is 13.1 Å². The molecule has 8 nitrogen and oxygen atoms in total. The van der Waals surface area contributed by atoms with Crippen molar-refractivity contribution in [2.24, 2.45) is 5.73 Å². The number of hydrogen-bond donors (Lipinski definition) is 4. The Kier molecular flexibility index (Phi) is 7.10. The molecule has 1 aromatic rings. The lowest BCUT2D eigenvalue weighted by atomic mass is 10.3. The molecule has 0 aliphatic heterocycles. The van der Waals surface area contributed by atoms with Crippen LogP contribution in [0.2, 0.25) is 0 Å². The number of amides is 4. The Balaban J connectivity index is 2.14. The number of carbonyl (C=O) groups excluding carboxylic acids is 4. The fraction of sp³-hybridized carbons (Fsp3) is 0.286. The molecule has 118 valence electrons. The van der Waals surface area contributed by atoms with Crippen molar-refractivity contribution in [1.82, 2.24) is 10.6 Å². The first-order chi connectivity index (χ1) is 10.5. The minimum atomic E-state index is -1.04. The molecule has 0 aliphatic rings. The van der Waals surface area contributed by atoms with Gasteiger partial charge in [0.2, 0.25) is 0 Å². The van der Waals surface area contributed by atoms with Gasteiger partial charge >= 0.3 is 23.6 Å². The van der Waals surface area contributed by atoms with Crippen LogP contribution in [-0.4, -0.2) is 36.7 Å². The molecule has 8 heteroatoms. The second-order valence-corrected chi connectivity index (χ2v) is 4.40. The summed E-state index contributed by atoms with van der Waals surface area (Å²) in [6.45, 7) is 0.557. The lowest BCUT2D eigenvalue weighted by molar-refractivity contribution is -0.137. The van der Waals surface area contributed by atoms with Crippen LogP contribution >= 0.6 is 0 Å². The Hall–Kier alpha value is -2.90. The van der Waals surface area contributed by atoms with Crippen molar-refractivity contribution in [2.45, 2.75) is 12.8 Å². The van der Waals surface area contributed by atoms with Crippen LogP contribution in [-0.2, 0) is 19.2 Å². The van der Waals surface area contributed by atoms with Gasteiger partial charge in [0.05, 0.1) is 0 Å². The smallest absolute Gasteiger partial charge is 0.313 e. The van der Waals surface area contributed by atoms with Gasteiger partial charge in [0, 0.05) is 18.8 Å². The molecule has 0 aromatic heterocycles. The Morgan fingerprint density at radius 1 is 0.818 bits per heavy atom. The number of benzene rings is 1. The van der Waals surface area contributed by atoms with E-state index in [9.17, 15) is 19.2 Å². The van der Waals surface area contributed by atoms with Gasteiger partial charge < -0.3 is 21.7 Å². The maximum absolute atomic E-state index is 11.6. The van der Waals surface area contributed by atoms with Gasteiger partial charge in [-0.2, -0.15) is 0 Å². The third kappa shape index (κ3) is 6.51. The molecule has 0 unspecified atom stereocenters. The number of hydrogen-bond acceptors (Lipinski definition) is 4. The number of anilines is 1. The van der Waals surface area contributed by atoms with Gasteiger partial charge in [-0.3, -0.25) is 19.2 Å². The van der Waals surface area contributed by atoms with Crippen LogP contribution in [0.1, 0.15) is 12.8 Å². The fourth-order valence-electron chi connectivity index (χ4n) is 1.53. The Labute approximate surface area is 127 Å². The maximum Gasteiger partial charge on any atom is 0.313 e. The van der Waals surface area contributed by atoms with Crippen LogP contribution in [0.25, 0.3) is 0 Å². The summed E-state index contributed by atoms with van der Waals surface area (Å²) in [4.78, 5) is 44.4. The van der Waals surface area contributed by atoms with E-state index in [1.807, 2.05) is 0 Å². The molecule has 5 N–H and O–H groups in total. The Morgan fingerprint density at radius 3 is 1.91 bits per heavy atom. The number of nitrogens with one attached hydrogen (secondary N) is 3. The fourth-order valence-corrected chi connectivity index (χ4v) is 1.53. The first kappa shape index (κ1) is 17.2. The monoisotopic (exact) mass is 306 g/mol. The van der Waals surface area contributed by atoms with E-state index in [0.717, 1.165) is 0 Å². The summed E-state index contributed by atoms with van der Waals surface area (Å²) in [5.41, 5.74) is 5.30. The highest BCUT2D eigenvalue weighted by Gasteiger charge is 2.12. The third-order valence-corrected chi connectivity index (χ3v) is 2.64. The zero-order valence-corrected chi connectivity index (χ0v) is 11.9. The number of primary amides is 1. The summed E-state index contributed by atoms with van der Waals surface area (Å²) in [7, 11) is 0. The predicted octanol–water partition coefficient (Wildman–Crippen LogP) is -0.877. The molecular weight excluding hydrogens is 288 g/mol. The molecule has 1 aromatic carbocycles. The van der Waals surface area contributed by atoms with E-state index in [0.29, 0.717) is 18.5 Å². The molecule has 0 heterocycles. The summed E-state index contributed by atoms with van der Waals surface area (Å²) in [6, 6.07) is 8.63. The topological polar surface area (TPSA) is 130 Å². The molecule has 0 radical (unpaired) electrons. The molecule has 0 aliphatic carbocycles. The second-order valence-electron chi connectivity index (χ2n) is 4.40. The average molecular weight is 306 g/mol. The van der Waals surface area contributed by atoms with Gasteiger partial charge in [-0.25, -0.2) is 0 Å². The molecule has 1 rings (SSSR count). The predicted molar refractivity (Wildman–Crippen MR) is 79.5 cm³/mol. The van der Waals surface area contributed by atoms with E-state index < -0.39 is 23.6 Å². The summed E-state index contributed by atoms with van der Waals surface area (Å²) in [5.74, 6) is -3.35. The van der Waals surface area contributed by atoms with Crippen LogP contribution in [0, 0.1) is 0 Å². The molecule has 0 bridgehead atoms. The minimum absolute atomic E-state index is 0.272. The van der Waals surface area contributed by atoms with Crippen molar-refractivity contribution in [3.63, 3.8) is 0 Å². The lowest BCUT2D eigenvalue weighted by Gasteiger charge is -2.06. The van der Waals surface area contributed by atoms with Crippen molar-refractivity contribution in [1.29, 1.82) is 0 Å². The lowest BCUT2D eigenvalue weighted by Crippen LogP contribution is -2.37. The molecule has 0 saturated heterocycles. The van der Waals surface area contributed by atoms with Crippen molar-refractivity contribution in [2.75, 3.05) is 18.4 Å². The van der Waals surface area contributed by atoms with Gasteiger partial charge in [-0.15, -0.1) is 0 Å². The summed E-state index contributed by atoms with van der Waals surface area (Å²) >= 11 is 0. The van der Waals surface area contributed by atoms with E-state index in [1.165, 1.54) is 0 Å². The molecule has 0 spiro atoms. The average Bonchev–Trinajstić information content (AvgIpc) is 2.51. The normalized spacial score (nSPS) is 9.64. The van der Waals surface area contributed by atoms with Crippen molar-refractivity contribution >= 4 is 29.3 Å². The van der Waals surface area contributed by atoms with Gasteiger partial charge in [-0.1, -0.05) is 18.2 Å². The number of para-hydroxylation sites is 1. The number of nitrogens with two attached hydrogens (primary N) is 1. The zero-order valence-electron chi connectivity index (χ0n) is 11.9. The largest absolute Gasteiger partial charge is 0.361 e. The quantitative estimate of drug-likeness (QED) is 0.401. The Morgan fingerprint density at radius 2 is 1.36 bits per heavy atom. The molecule has 0 fully saturated rings. The second kappa shape index (κ2) is 9.11. The first-order valence-electron chi connectivity index (χ1n) is 6.72. The standard InChI is InChI=1S/C14H18N4O4/c15-11(19)12(20)16-8-4-5-9-17-13(21)14(22)18-10-6-2-1-3-7-10/h1-3,6-7H,4-5,8-9H2,(H2,15,19)(H,16,20)(H,17,21)(H,18,22). The number of unbranched alkanes of at least 4 members (excludes halogenated alkanes) is 1. The van der Waals surface area contributed by atoms with Crippen molar-refractivity contribution in [3.8, 4) is 0 Å². The van der Waals surface area contributed by atoms with E-state index >= 15 is 0 Å². The van der Waals surface area contributed by atoms with Gasteiger partial charge in [0.1, 0.15) is 0 Å². The molecule has 4 amide bonds. The van der Waals surface area contributed by atoms with Crippen molar-refractivity contribution in [3.05, 3.63) is 30.3 Å². The van der Waals surface area contributed by atoms with Crippen LogP contribution in [0.5, 0.6) is 0 Å². The molecule has 0 saturated carbocycles. The molecular formula is C14H18N4O4. The van der Waals surface area contributed by atoms with Crippen molar-refractivity contribution < 1.29 is 19.2 Å². The summed E-state index contributed by atoms with van der Waals surface area (Å²) in [6.07, 6.45) is 1.09. The highest BCUT2D eigenvalue weighted by atomic mass is 16.2. The highest BCUT2D eigenvalue weighted by Crippen LogP contribution is 2.04. The minimum Gasteiger partial charge on any atom is -0.361 e. The van der Waals surface area contributed by atoms with E-state index in [2.05, 4.69) is 16.0 Å². The zero-order chi connectivity index (χ0) is 16.4. The number of carbonyl (C=O) groups is 4.